The van der Waals surface area contributed by atoms with Crippen LogP contribution in [0.15, 0.2) is 40.3 Å². The van der Waals surface area contributed by atoms with Crippen LogP contribution in [0.1, 0.15) is 16.8 Å². The molecule has 0 aliphatic rings. The molecule has 90 valence electrons. The maximum atomic E-state index is 8.89. The Bertz CT molecular complexity index is 629. The lowest BCUT2D eigenvalue weighted by Crippen LogP contribution is -1.94. The van der Waals surface area contributed by atoms with E-state index >= 15 is 0 Å². The Hall–Kier alpha value is -1.99. The Morgan fingerprint density at radius 1 is 1.17 bits per heavy atom. The second kappa shape index (κ2) is 5.11. The van der Waals surface area contributed by atoms with Crippen molar-refractivity contribution in [1.82, 2.24) is 4.98 Å². The molecule has 1 aromatic heterocycles. The largest absolute Gasteiger partial charge is 0.396 e. The maximum Gasteiger partial charge on any atom is 0.164 e. The van der Waals surface area contributed by atoms with E-state index in [2.05, 4.69) is 37.0 Å². The molecule has 4 heteroatoms. The van der Waals surface area contributed by atoms with Gasteiger partial charge in [0, 0.05) is 4.90 Å². The maximum absolute atomic E-state index is 8.89. The van der Waals surface area contributed by atoms with Gasteiger partial charge in [-0.05, 0) is 49.2 Å². The van der Waals surface area contributed by atoms with E-state index < -0.39 is 0 Å². The van der Waals surface area contributed by atoms with Crippen LogP contribution in [-0.4, -0.2) is 4.98 Å². The SMILES string of the molecule is Cc1ccc(Sc2ccc(N)c(C#N)n2)cc1C. The van der Waals surface area contributed by atoms with Crippen molar-refractivity contribution in [2.75, 3.05) is 5.73 Å². The van der Waals surface area contributed by atoms with Crippen LogP contribution in [0.2, 0.25) is 0 Å². The summed E-state index contributed by atoms with van der Waals surface area (Å²) in [6, 6.07) is 11.8. The van der Waals surface area contributed by atoms with Crippen molar-refractivity contribution in [3.63, 3.8) is 0 Å². The topological polar surface area (TPSA) is 62.7 Å². The Morgan fingerprint density at radius 2 is 1.94 bits per heavy atom. The second-order valence-corrected chi connectivity index (χ2v) is 5.14. The highest BCUT2D eigenvalue weighted by Crippen LogP contribution is 2.28. The fraction of sp³-hybridized carbons (Fsp3) is 0.143. The lowest BCUT2D eigenvalue weighted by molar-refractivity contribution is 1.10. The second-order valence-electron chi connectivity index (χ2n) is 4.05. The van der Waals surface area contributed by atoms with Crippen molar-refractivity contribution in [2.24, 2.45) is 0 Å². The van der Waals surface area contributed by atoms with E-state index in [0.29, 0.717) is 5.69 Å². The third-order valence-electron chi connectivity index (χ3n) is 2.71. The van der Waals surface area contributed by atoms with Crippen LogP contribution in [0, 0.1) is 25.2 Å². The van der Waals surface area contributed by atoms with Gasteiger partial charge in [-0.1, -0.05) is 17.8 Å². The molecular formula is C14H13N3S. The van der Waals surface area contributed by atoms with Gasteiger partial charge in [-0.25, -0.2) is 4.98 Å². The van der Waals surface area contributed by atoms with E-state index in [1.54, 1.807) is 6.07 Å². The first-order chi connectivity index (χ1) is 8.60. The number of hydrogen-bond acceptors (Lipinski definition) is 4. The minimum Gasteiger partial charge on any atom is -0.396 e. The summed E-state index contributed by atoms with van der Waals surface area (Å²) in [4.78, 5) is 5.33. The Morgan fingerprint density at radius 3 is 2.61 bits per heavy atom. The summed E-state index contributed by atoms with van der Waals surface area (Å²) >= 11 is 1.53. The van der Waals surface area contributed by atoms with Crippen molar-refractivity contribution < 1.29 is 0 Å². The number of nitriles is 1. The average Bonchev–Trinajstić information content (AvgIpc) is 2.36. The van der Waals surface area contributed by atoms with E-state index in [-0.39, 0.29) is 5.69 Å². The fourth-order valence-electron chi connectivity index (χ4n) is 1.50. The summed E-state index contributed by atoms with van der Waals surface area (Å²) in [5, 5.41) is 9.67. The number of nitrogens with zero attached hydrogens (tertiary/aromatic N) is 2. The van der Waals surface area contributed by atoms with Gasteiger partial charge in [0.1, 0.15) is 11.1 Å². The molecular weight excluding hydrogens is 242 g/mol. The molecule has 1 heterocycles. The standard InChI is InChI=1S/C14H13N3S/c1-9-3-4-11(7-10(9)2)18-14-6-5-12(16)13(8-15)17-14/h3-7H,16H2,1-2H3. The van der Waals surface area contributed by atoms with Crippen molar-refractivity contribution in [3.8, 4) is 6.07 Å². The fourth-order valence-corrected chi connectivity index (χ4v) is 2.38. The van der Waals surface area contributed by atoms with Gasteiger partial charge in [0.25, 0.3) is 0 Å². The predicted octanol–water partition coefficient (Wildman–Crippen LogP) is 3.30. The summed E-state index contributed by atoms with van der Waals surface area (Å²) in [6.07, 6.45) is 0. The van der Waals surface area contributed by atoms with Gasteiger partial charge >= 0.3 is 0 Å². The lowest BCUT2D eigenvalue weighted by atomic mass is 10.1. The molecule has 18 heavy (non-hydrogen) atoms. The monoisotopic (exact) mass is 255 g/mol. The van der Waals surface area contributed by atoms with E-state index in [4.69, 9.17) is 11.0 Å². The van der Waals surface area contributed by atoms with Gasteiger partial charge in [0.05, 0.1) is 5.69 Å². The number of rotatable bonds is 2. The van der Waals surface area contributed by atoms with E-state index in [9.17, 15) is 0 Å². The van der Waals surface area contributed by atoms with Gasteiger partial charge in [-0.15, -0.1) is 0 Å². The van der Waals surface area contributed by atoms with Crippen LogP contribution in [0.3, 0.4) is 0 Å². The summed E-state index contributed by atoms with van der Waals surface area (Å²) < 4.78 is 0. The van der Waals surface area contributed by atoms with Gasteiger partial charge in [-0.3, -0.25) is 0 Å². The summed E-state index contributed by atoms with van der Waals surface area (Å²) in [7, 11) is 0. The third-order valence-corrected chi connectivity index (χ3v) is 3.63. The summed E-state index contributed by atoms with van der Waals surface area (Å²) in [5.74, 6) is 0. The minimum atomic E-state index is 0.281. The van der Waals surface area contributed by atoms with Gasteiger partial charge in [0.2, 0.25) is 0 Å². The highest BCUT2D eigenvalue weighted by Gasteiger charge is 2.04. The van der Waals surface area contributed by atoms with E-state index in [0.717, 1.165) is 9.92 Å². The average molecular weight is 255 g/mol. The number of benzene rings is 1. The van der Waals surface area contributed by atoms with Crippen LogP contribution < -0.4 is 5.73 Å². The molecule has 0 saturated carbocycles. The Labute approximate surface area is 111 Å². The van der Waals surface area contributed by atoms with Crippen molar-refractivity contribution in [1.29, 1.82) is 5.26 Å². The molecule has 0 atom stereocenters. The number of nitrogen functional groups attached to an aromatic ring is 1. The minimum absolute atomic E-state index is 0.281. The first-order valence-corrected chi connectivity index (χ1v) is 6.33. The summed E-state index contributed by atoms with van der Waals surface area (Å²) in [6.45, 7) is 4.16. The van der Waals surface area contributed by atoms with Crippen LogP contribution in [0.4, 0.5) is 5.69 Å². The van der Waals surface area contributed by atoms with Crippen LogP contribution in [-0.2, 0) is 0 Å². The number of anilines is 1. The van der Waals surface area contributed by atoms with Gasteiger partial charge < -0.3 is 5.73 Å². The molecule has 0 spiro atoms. The molecule has 1 aromatic carbocycles. The van der Waals surface area contributed by atoms with E-state index in [1.807, 2.05) is 12.1 Å². The molecule has 0 aliphatic carbocycles. The quantitative estimate of drug-likeness (QED) is 0.894. The van der Waals surface area contributed by atoms with Crippen molar-refractivity contribution in [3.05, 3.63) is 47.2 Å². The number of aryl methyl sites for hydroxylation is 2. The third kappa shape index (κ3) is 2.63. The van der Waals surface area contributed by atoms with Gasteiger partial charge in [0.15, 0.2) is 5.69 Å². The molecule has 2 aromatic rings. The number of aromatic nitrogens is 1. The normalized spacial score (nSPS) is 10.1. The molecule has 3 nitrogen and oxygen atoms in total. The predicted molar refractivity (Wildman–Crippen MR) is 73.4 cm³/mol. The van der Waals surface area contributed by atoms with Crippen molar-refractivity contribution in [2.45, 2.75) is 23.8 Å². The zero-order valence-corrected chi connectivity index (χ0v) is 11.1. The molecule has 2 N–H and O–H groups in total. The molecule has 0 fully saturated rings. The zero-order chi connectivity index (χ0) is 13.1. The van der Waals surface area contributed by atoms with Crippen LogP contribution in [0.5, 0.6) is 0 Å². The molecule has 0 bridgehead atoms. The highest BCUT2D eigenvalue weighted by molar-refractivity contribution is 7.99. The van der Waals surface area contributed by atoms with Crippen molar-refractivity contribution >= 4 is 17.4 Å². The first kappa shape index (κ1) is 12.5. The smallest absolute Gasteiger partial charge is 0.164 e. The molecule has 0 amide bonds. The van der Waals surface area contributed by atoms with E-state index in [1.165, 1.54) is 22.9 Å². The summed E-state index contributed by atoms with van der Waals surface area (Å²) in [5.41, 5.74) is 8.86. The number of hydrogen-bond donors (Lipinski definition) is 1. The van der Waals surface area contributed by atoms with Crippen LogP contribution in [0.25, 0.3) is 0 Å². The first-order valence-electron chi connectivity index (χ1n) is 5.52. The number of pyridine rings is 1. The number of nitrogens with two attached hydrogens (primary N) is 1. The molecule has 0 aliphatic heterocycles. The Balaban J connectivity index is 2.29. The van der Waals surface area contributed by atoms with Gasteiger partial charge in [-0.2, -0.15) is 5.26 Å². The molecule has 0 radical (unpaired) electrons. The zero-order valence-electron chi connectivity index (χ0n) is 10.3. The molecule has 2 rings (SSSR count). The lowest BCUT2D eigenvalue weighted by Gasteiger charge is -2.05. The van der Waals surface area contributed by atoms with Crippen LogP contribution >= 0.6 is 11.8 Å². The highest BCUT2D eigenvalue weighted by atomic mass is 32.2. The molecule has 0 saturated heterocycles. The Kier molecular flexibility index (Phi) is 3.54. The molecule has 0 unspecified atom stereocenters.